The van der Waals surface area contributed by atoms with Crippen molar-refractivity contribution in [3.05, 3.63) is 30.3 Å². The number of urea groups is 1. The van der Waals surface area contributed by atoms with Gasteiger partial charge in [0, 0.05) is 25.9 Å². The molecule has 1 saturated carbocycles. The van der Waals surface area contributed by atoms with Gasteiger partial charge in [-0.15, -0.1) is 24.7 Å². The SMILES string of the molecule is C#CCCNC(=O)C(=O)C(CCC#C)NC(=O)[C@@H]1CC(C)(C)C(C)CN1C(=O)[C@@H](NC(=O)NC1(CS(=O)(=O)c2ccccc2)CCCCC1)C(C)(C)C. The normalized spacial score (nSPS) is 20.7. The first-order chi connectivity index (χ1) is 24.8. The Kier molecular flexibility index (Phi) is 14.7. The quantitative estimate of drug-likeness (QED) is 0.128. The number of terminal acetylenes is 2. The van der Waals surface area contributed by atoms with E-state index in [1.54, 1.807) is 39.0 Å². The number of ketones is 1. The summed E-state index contributed by atoms with van der Waals surface area (Å²) in [5, 5.41) is 11.0. The fourth-order valence-electron chi connectivity index (χ4n) is 7.05. The molecule has 3 rings (SSSR count). The fourth-order valence-corrected chi connectivity index (χ4v) is 8.87. The third kappa shape index (κ3) is 11.6. The number of Topliss-reactive ketones (excluding diaryl/α,β-unsaturated/α-hetero) is 1. The maximum atomic E-state index is 14.6. The van der Waals surface area contributed by atoms with Crippen LogP contribution in [0.1, 0.15) is 99.3 Å². The van der Waals surface area contributed by atoms with Crippen molar-refractivity contribution in [1.82, 2.24) is 26.2 Å². The molecule has 1 aromatic rings. The number of carbonyl (C=O) groups excluding carboxylic acids is 5. The van der Waals surface area contributed by atoms with Crippen LogP contribution in [0.5, 0.6) is 0 Å². The zero-order valence-electron chi connectivity index (χ0n) is 32.0. The molecule has 1 aliphatic carbocycles. The number of likely N-dealkylation sites (tertiary alicyclic amines) is 1. The minimum atomic E-state index is -3.75. The predicted octanol–water partition coefficient (Wildman–Crippen LogP) is 3.75. The van der Waals surface area contributed by atoms with E-state index in [4.69, 9.17) is 12.8 Å². The van der Waals surface area contributed by atoms with Gasteiger partial charge in [0.25, 0.3) is 5.91 Å². The van der Waals surface area contributed by atoms with E-state index >= 15 is 0 Å². The van der Waals surface area contributed by atoms with Crippen LogP contribution in [-0.4, -0.2) is 85.4 Å². The Morgan fingerprint density at radius 1 is 0.962 bits per heavy atom. The van der Waals surface area contributed by atoms with Crippen molar-refractivity contribution in [3.63, 3.8) is 0 Å². The number of hydrogen-bond donors (Lipinski definition) is 4. The summed E-state index contributed by atoms with van der Waals surface area (Å²) in [7, 11) is -3.75. The molecule has 1 aromatic carbocycles. The molecule has 0 aromatic heterocycles. The van der Waals surface area contributed by atoms with Gasteiger partial charge in [-0.3, -0.25) is 19.2 Å². The fraction of sp³-hybridized carbons (Fsp3) is 0.625. The van der Waals surface area contributed by atoms with E-state index in [1.165, 1.54) is 17.0 Å². The monoisotopic (exact) mass is 751 g/mol. The highest BCUT2D eigenvalue weighted by molar-refractivity contribution is 7.91. The van der Waals surface area contributed by atoms with Gasteiger partial charge in [-0.05, 0) is 54.6 Å². The highest BCUT2D eigenvalue weighted by atomic mass is 32.2. The average molecular weight is 752 g/mol. The molecular formula is C40H57N5O7S. The molecule has 0 spiro atoms. The topological polar surface area (TPSA) is 171 Å². The summed E-state index contributed by atoms with van der Waals surface area (Å²) in [5.74, 6) is 1.61. The lowest BCUT2D eigenvalue weighted by atomic mass is 9.71. The number of sulfone groups is 1. The Balaban J connectivity index is 1.89. The third-order valence-corrected chi connectivity index (χ3v) is 12.5. The zero-order valence-corrected chi connectivity index (χ0v) is 32.9. The van der Waals surface area contributed by atoms with Gasteiger partial charge < -0.3 is 26.2 Å². The molecular weight excluding hydrogens is 695 g/mol. The molecule has 1 aliphatic heterocycles. The first kappa shape index (κ1) is 43.0. The lowest BCUT2D eigenvalue weighted by Crippen LogP contribution is -2.66. The lowest BCUT2D eigenvalue weighted by Gasteiger charge is -2.49. The van der Waals surface area contributed by atoms with Crippen molar-refractivity contribution < 1.29 is 32.4 Å². The molecule has 290 valence electrons. The molecule has 13 heteroatoms. The van der Waals surface area contributed by atoms with Crippen LogP contribution in [0.2, 0.25) is 0 Å². The molecule has 2 fully saturated rings. The zero-order chi connectivity index (χ0) is 39.6. The summed E-state index contributed by atoms with van der Waals surface area (Å²) in [6.45, 7) is 11.7. The van der Waals surface area contributed by atoms with Crippen molar-refractivity contribution in [3.8, 4) is 24.7 Å². The number of nitrogens with zero attached hydrogens (tertiary/aromatic N) is 1. The number of carbonyl (C=O) groups is 5. The van der Waals surface area contributed by atoms with Gasteiger partial charge in [-0.25, -0.2) is 13.2 Å². The molecule has 2 aliphatic rings. The van der Waals surface area contributed by atoms with Gasteiger partial charge >= 0.3 is 6.03 Å². The van der Waals surface area contributed by atoms with E-state index in [0.29, 0.717) is 12.8 Å². The molecule has 0 radical (unpaired) electrons. The third-order valence-electron chi connectivity index (χ3n) is 10.6. The maximum absolute atomic E-state index is 14.6. The molecule has 4 N–H and O–H groups in total. The van der Waals surface area contributed by atoms with Gasteiger partial charge in [-0.1, -0.05) is 79.0 Å². The van der Waals surface area contributed by atoms with Crippen LogP contribution in [0.25, 0.3) is 0 Å². The van der Waals surface area contributed by atoms with Crippen LogP contribution in [0, 0.1) is 41.4 Å². The van der Waals surface area contributed by atoms with Crippen LogP contribution in [-0.2, 0) is 29.0 Å². The van der Waals surface area contributed by atoms with E-state index < -0.39 is 68.5 Å². The molecule has 12 nitrogen and oxygen atoms in total. The van der Waals surface area contributed by atoms with Crippen molar-refractivity contribution >= 4 is 39.4 Å². The van der Waals surface area contributed by atoms with Crippen LogP contribution < -0.4 is 21.3 Å². The van der Waals surface area contributed by atoms with E-state index in [0.717, 1.165) is 19.3 Å². The molecule has 1 heterocycles. The van der Waals surface area contributed by atoms with Crippen LogP contribution in [0.4, 0.5) is 4.79 Å². The van der Waals surface area contributed by atoms with Crippen LogP contribution in [0.3, 0.4) is 0 Å². The molecule has 2 unspecified atom stereocenters. The largest absolute Gasteiger partial charge is 0.348 e. The number of hydrogen-bond acceptors (Lipinski definition) is 7. The van der Waals surface area contributed by atoms with Gasteiger partial charge in [0.15, 0.2) is 9.84 Å². The Labute approximate surface area is 315 Å². The summed E-state index contributed by atoms with van der Waals surface area (Å²) in [5.41, 5.74) is -2.26. The summed E-state index contributed by atoms with van der Waals surface area (Å²) < 4.78 is 27.0. The summed E-state index contributed by atoms with van der Waals surface area (Å²) in [6.07, 6.45) is 14.6. The Morgan fingerprint density at radius 2 is 1.58 bits per heavy atom. The molecule has 4 atom stereocenters. The Bertz CT molecular complexity index is 1680. The minimum Gasteiger partial charge on any atom is -0.348 e. The summed E-state index contributed by atoms with van der Waals surface area (Å²) in [4.78, 5) is 70.0. The van der Waals surface area contributed by atoms with Crippen molar-refractivity contribution in [1.29, 1.82) is 0 Å². The summed E-state index contributed by atoms with van der Waals surface area (Å²) >= 11 is 0. The summed E-state index contributed by atoms with van der Waals surface area (Å²) in [6, 6.07) is 4.08. The smallest absolute Gasteiger partial charge is 0.315 e. The number of amides is 5. The second-order valence-corrected chi connectivity index (χ2v) is 18.3. The molecule has 53 heavy (non-hydrogen) atoms. The average Bonchev–Trinajstić information content (AvgIpc) is 3.09. The van der Waals surface area contributed by atoms with Gasteiger partial charge in [0.2, 0.25) is 17.6 Å². The number of piperidine rings is 1. The Hall–Kier alpha value is -4.36. The molecule has 5 amide bonds. The number of rotatable bonds is 14. The van der Waals surface area contributed by atoms with Gasteiger partial charge in [-0.2, -0.15) is 0 Å². The van der Waals surface area contributed by atoms with Crippen molar-refractivity contribution in [2.24, 2.45) is 16.7 Å². The standard InChI is InChI=1S/C40H57N5O7S/c1-9-11-21-30(32(46)35(48)41-24-12-10-2)42-34(47)31-25-39(7,8)28(3)26-45(31)36(49)33(38(4,5)6)43-37(50)44-40(22-17-14-18-23-40)27-53(51,52)29-19-15-13-16-20-29/h1-2,13,15-16,19-20,28,30-31,33H,11-12,14,17-18,21-27H2,3-8H3,(H,41,48)(H,42,47)(H2,43,44,50)/t28?,30?,31-,33+/m0/s1. The van der Waals surface area contributed by atoms with Crippen molar-refractivity contribution in [2.45, 2.75) is 128 Å². The van der Waals surface area contributed by atoms with E-state index in [-0.39, 0.29) is 60.8 Å². The first-order valence-corrected chi connectivity index (χ1v) is 20.1. The van der Waals surface area contributed by atoms with E-state index in [1.807, 2.05) is 20.8 Å². The minimum absolute atomic E-state index is 0.0121. The second kappa shape index (κ2) is 18.1. The highest BCUT2D eigenvalue weighted by Gasteiger charge is 2.48. The lowest BCUT2D eigenvalue weighted by molar-refractivity contribution is -0.151. The van der Waals surface area contributed by atoms with Crippen LogP contribution in [0.15, 0.2) is 35.2 Å². The van der Waals surface area contributed by atoms with Gasteiger partial charge in [0.1, 0.15) is 12.1 Å². The van der Waals surface area contributed by atoms with Crippen LogP contribution >= 0.6 is 0 Å². The number of nitrogens with one attached hydrogen (secondary N) is 4. The maximum Gasteiger partial charge on any atom is 0.315 e. The first-order valence-electron chi connectivity index (χ1n) is 18.4. The highest BCUT2D eigenvalue weighted by Crippen LogP contribution is 2.40. The van der Waals surface area contributed by atoms with E-state index in [2.05, 4.69) is 33.1 Å². The van der Waals surface area contributed by atoms with E-state index in [9.17, 15) is 32.4 Å². The number of benzene rings is 1. The molecule has 1 saturated heterocycles. The van der Waals surface area contributed by atoms with Gasteiger partial charge in [0.05, 0.1) is 22.2 Å². The predicted molar refractivity (Wildman–Crippen MR) is 204 cm³/mol. The van der Waals surface area contributed by atoms with Crippen molar-refractivity contribution in [2.75, 3.05) is 18.8 Å². The second-order valence-electron chi connectivity index (χ2n) is 16.3. The molecule has 0 bridgehead atoms. The Morgan fingerprint density at radius 3 is 2.17 bits per heavy atom.